The van der Waals surface area contributed by atoms with E-state index >= 15 is 0 Å². The summed E-state index contributed by atoms with van der Waals surface area (Å²) in [4.78, 5) is 0. The van der Waals surface area contributed by atoms with Gasteiger partial charge in [-0.05, 0) is 56.0 Å². The zero-order valence-electron chi connectivity index (χ0n) is 8.30. The average Bonchev–Trinajstić information content (AvgIpc) is 2.23. The molecule has 0 amide bonds. The Morgan fingerprint density at radius 3 is 2.71 bits per heavy atom. The quantitative estimate of drug-likeness (QED) is 0.790. The molecule has 1 atom stereocenters. The molecule has 0 unspecified atom stereocenters. The van der Waals surface area contributed by atoms with Crippen molar-refractivity contribution in [1.82, 2.24) is 5.32 Å². The first-order valence-electron chi connectivity index (χ1n) is 5.30. The molecule has 1 fully saturated rings. The molecule has 76 valence electrons. The van der Waals surface area contributed by atoms with E-state index in [1.165, 1.54) is 37.9 Å². The van der Waals surface area contributed by atoms with Gasteiger partial charge in [-0.3, -0.25) is 0 Å². The van der Waals surface area contributed by atoms with Gasteiger partial charge in [0.05, 0.1) is 0 Å². The molecule has 2 heteroatoms. The summed E-state index contributed by atoms with van der Waals surface area (Å²) in [5, 5.41) is 4.27. The van der Waals surface area contributed by atoms with Gasteiger partial charge in [-0.1, -0.05) is 23.7 Å². The van der Waals surface area contributed by atoms with Crippen LogP contribution in [0.15, 0.2) is 24.3 Å². The van der Waals surface area contributed by atoms with Crippen molar-refractivity contribution < 1.29 is 0 Å². The summed E-state index contributed by atoms with van der Waals surface area (Å²) >= 11 is 5.84. The lowest BCUT2D eigenvalue weighted by molar-refractivity contribution is 0.376. The van der Waals surface area contributed by atoms with Crippen LogP contribution in [-0.4, -0.2) is 13.1 Å². The summed E-state index contributed by atoms with van der Waals surface area (Å²) in [5.74, 6) is 0.810. The number of hydrogen-bond donors (Lipinski definition) is 1. The fourth-order valence-electron chi connectivity index (χ4n) is 2.05. The van der Waals surface area contributed by atoms with Gasteiger partial charge in [-0.2, -0.15) is 0 Å². The van der Waals surface area contributed by atoms with E-state index in [2.05, 4.69) is 17.4 Å². The lowest BCUT2D eigenvalue weighted by atomic mass is 9.92. The lowest BCUT2D eigenvalue weighted by Gasteiger charge is -2.22. The molecule has 0 aliphatic carbocycles. The van der Waals surface area contributed by atoms with Gasteiger partial charge in [0.25, 0.3) is 0 Å². The van der Waals surface area contributed by atoms with E-state index in [4.69, 9.17) is 11.6 Å². The second-order valence-corrected chi connectivity index (χ2v) is 4.48. The van der Waals surface area contributed by atoms with E-state index in [9.17, 15) is 0 Å². The van der Waals surface area contributed by atoms with E-state index in [-0.39, 0.29) is 0 Å². The molecule has 1 aromatic rings. The molecule has 1 aliphatic rings. The summed E-state index contributed by atoms with van der Waals surface area (Å²) < 4.78 is 0. The monoisotopic (exact) mass is 209 g/mol. The molecule has 0 spiro atoms. The van der Waals surface area contributed by atoms with E-state index in [0.717, 1.165) is 10.9 Å². The first kappa shape index (κ1) is 10.0. The van der Waals surface area contributed by atoms with Gasteiger partial charge in [0.1, 0.15) is 0 Å². The van der Waals surface area contributed by atoms with Gasteiger partial charge < -0.3 is 5.32 Å². The van der Waals surface area contributed by atoms with Gasteiger partial charge in [-0.25, -0.2) is 0 Å². The van der Waals surface area contributed by atoms with Gasteiger partial charge in [-0.15, -0.1) is 0 Å². The van der Waals surface area contributed by atoms with Crippen LogP contribution >= 0.6 is 11.6 Å². The lowest BCUT2D eigenvalue weighted by Crippen LogP contribution is -2.30. The molecule has 1 saturated heterocycles. The van der Waals surface area contributed by atoms with Crippen LogP contribution in [0.25, 0.3) is 0 Å². The van der Waals surface area contributed by atoms with Crippen molar-refractivity contribution in [1.29, 1.82) is 0 Å². The minimum absolute atomic E-state index is 0.810. The summed E-state index contributed by atoms with van der Waals surface area (Å²) in [6.07, 6.45) is 3.86. The Hall–Kier alpha value is -0.530. The molecule has 14 heavy (non-hydrogen) atoms. The normalized spacial score (nSPS) is 22.2. The third kappa shape index (κ3) is 2.73. The van der Waals surface area contributed by atoms with Crippen molar-refractivity contribution in [2.45, 2.75) is 19.3 Å². The third-order valence-electron chi connectivity index (χ3n) is 2.84. The van der Waals surface area contributed by atoms with Crippen LogP contribution < -0.4 is 5.32 Å². The van der Waals surface area contributed by atoms with Crippen molar-refractivity contribution in [2.24, 2.45) is 5.92 Å². The number of nitrogens with one attached hydrogen (secondary N) is 1. The first-order chi connectivity index (χ1) is 6.84. The molecule has 1 aromatic carbocycles. The van der Waals surface area contributed by atoms with Crippen LogP contribution in [0.3, 0.4) is 0 Å². The minimum Gasteiger partial charge on any atom is -0.316 e. The molecule has 0 aromatic heterocycles. The summed E-state index contributed by atoms with van der Waals surface area (Å²) in [6.45, 7) is 2.36. The highest BCUT2D eigenvalue weighted by molar-refractivity contribution is 6.30. The molecule has 0 radical (unpaired) electrons. The zero-order valence-corrected chi connectivity index (χ0v) is 9.06. The highest BCUT2D eigenvalue weighted by Crippen LogP contribution is 2.17. The Labute approximate surface area is 90.5 Å². The summed E-state index contributed by atoms with van der Waals surface area (Å²) in [5.41, 5.74) is 1.41. The van der Waals surface area contributed by atoms with Crippen LogP contribution in [0.4, 0.5) is 0 Å². The van der Waals surface area contributed by atoms with Crippen molar-refractivity contribution in [3.8, 4) is 0 Å². The molecule has 1 heterocycles. The Morgan fingerprint density at radius 2 is 2.07 bits per heavy atom. The van der Waals surface area contributed by atoms with Crippen molar-refractivity contribution in [3.05, 3.63) is 34.9 Å². The highest BCUT2D eigenvalue weighted by atomic mass is 35.5. The van der Waals surface area contributed by atoms with E-state index in [1.54, 1.807) is 0 Å². The Bertz CT molecular complexity index is 275. The maximum absolute atomic E-state index is 5.84. The molecular weight excluding hydrogens is 194 g/mol. The van der Waals surface area contributed by atoms with Gasteiger partial charge in [0.15, 0.2) is 0 Å². The van der Waals surface area contributed by atoms with Crippen molar-refractivity contribution >= 4 is 11.6 Å². The number of hydrogen-bond acceptors (Lipinski definition) is 1. The molecular formula is C12H16ClN. The Morgan fingerprint density at radius 1 is 1.29 bits per heavy atom. The molecule has 2 rings (SSSR count). The van der Waals surface area contributed by atoms with Crippen LogP contribution in [-0.2, 0) is 6.42 Å². The minimum atomic E-state index is 0.810. The fourth-order valence-corrected chi connectivity index (χ4v) is 2.18. The maximum atomic E-state index is 5.84. The molecule has 1 nitrogen and oxygen atoms in total. The Balaban J connectivity index is 1.92. The van der Waals surface area contributed by atoms with Gasteiger partial charge >= 0.3 is 0 Å². The smallest absolute Gasteiger partial charge is 0.0406 e. The second kappa shape index (κ2) is 4.81. The standard InChI is InChI=1S/C12H16ClN/c13-12-5-3-10(4-6-12)8-11-2-1-7-14-9-11/h3-6,11,14H,1-2,7-9H2/t11-/m1/s1. The maximum Gasteiger partial charge on any atom is 0.0406 e. The van der Waals surface area contributed by atoms with Crippen LogP contribution in [0, 0.1) is 5.92 Å². The summed E-state index contributed by atoms with van der Waals surface area (Å²) in [7, 11) is 0. The fraction of sp³-hybridized carbons (Fsp3) is 0.500. The first-order valence-corrected chi connectivity index (χ1v) is 5.67. The van der Waals surface area contributed by atoms with Crippen molar-refractivity contribution in [3.63, 3.8) is 0 Å². The van der Waals surface area contributed by atoms with Crippen LogP contribution in [0.1, 0.15) is 18.4 Å². The van der Waals surface area contributed by atoms with Gasteiger partial charge in [0.2, 0.25) is 0 Å². The SMILES string of the molecule is Clc1ccc(C[C@H]2CCCNC2)cc1. The van der Waals surface area contributed by atoms with Gasteiger partial charge in [0, 0.05) is 5.02 Å². The van der Waals surface area contributed by atoms with E-state index in [1.807, 2.05) is 12.1 Å². The molecule has 1 aliphatic heterocycles. The van der Waals surface area contributed by atoms with Crippen LogP contribution in [0.2, 0.25) is 5.02 Å². The largest absolute Gasteiger partial charge is 0.316 e. The number of rotatable bonds is 2. The molecule has 0 bridgehead atoms. The molecule has 1 N–H and O–H groups in total. The molecule has 0 saturated carbocycles. The predicted octanol–water partition coefficient (Wildman–Crippen LogP) is 2.88. The third-order valence-corrected chi connectivity index (χ3v) is 3.09. The number of halogens is 1. The van der Waals surface area contributed by atoms with Crippen molar-refractivity contribution in [2.75, 3.05) is 13.1 Å². The highest BCUT2D eigenvalue weighted by Gasteiger charge is 2.12. The van der Waals surface area contributed by atoms with E-state index in [0.29, 0.717) is 0 Å². The number of piperidine rings is 1. The summed E-state index contributed by atoms with van der Waals surface area (Å²) in [6, 6.07) is 8.23. The second-order valence-electron chi connectivity index (χ2n) is 4.04. The number of benzene rings is 1. The average molecular weight is 210 g/mol. The van der Waals surface area contributed by atoms with Crippen LogP contribution in [0.5, 0.6) is 0 Å². The zero-order chi connectivity index (χ0) is 9.80. The Kier molecular flexibility index (Phi) is 3.44. The topological polar surface area (TPSA) is 12.0 Å². The van der Waals surface area contributed by atoms with E-state index < -0.39 is 0 Å². The predicted molar refractivity (Wildman–Crippen MR) is 60.7 cm³/mol.